The molecule has 0 spiro atoms. The molecule has 0 aliphatic heterocycles. The van der Waals surface area contributed by atoms with Crippen molar-refractivity contribution in [1.82, 2.24) is 9.97 Å². The number of aromatic nitrogens is 2. The van der Waals surface area contributed by atoms with Crippen LogP contribution in [0, 0.1) is 0 Å². The zero-order valence-corrected chi connectivity index (χ0v) is 12.4. The number of benzene rings is 1. The minimum absolute atomic E-state index is 0.110. The molecule has 2 rings (SSSR count). The molecule has 1 atom stereocenters. The fourth-order valence-electron chi connectivity index (χ4n) is 1.89. The van der Waals surface area contributed by atoms with Gasteiger partial charge in [-0.3, -0.25) is 9.52 Å². The van der Waals surface area contributed by atoms with Crippen molar-refractivity contribution in [2.24, 2.45) is 5.73 Å². The Morgan fingerprint density at radius 3 is 2.76 bits per heavy atom. The summed E-state index contributed by atoms with van der Waals surface area (Å²) in [6.45, 7) is 1.43. The Bertz CT molecular complexity index is 795. The molecule has 1 heterocycles. The maximum atomic E-state index is 11.2. The molecule has 0 saturated heterocycles. The first-order valence-electron chi connectivity index (χ1n) is 6.05. The van der Waals surface area contributed by atoms with Crippen molar-refractivity contribution in [1.29, 1.82) is 0 Å². The quantitative estimate of drug-likeness (QED) is 0.625. The first-order chi connectivity index (χ1) is 9.57. The Morgan fingerprint density at radius 2 is 2.19 bits per heavy atom. The number of H-pyrrole nitrogens is 1. The smallest absolute Gasteiger partial charge is 0.323 e. The zero-order valence-electron chi connectivity index (χ0n) is 11.5. The zero-order chi connectivity index (χ0) is 15.8. The monoisotopic (exact) mass is 312 g/mol. The van der Waals surface area contributed by atoms with E-state index in [-0.39, 0.29) is 12.4 Å². The van der Waals surface area contributed by atoms with Gasteiger partial charge in [-0.05, 0) is 24.6 Å². The minimum Gasteiger partial charge on any atom is -0.480 e. The predicted octanol–water partition coefficient (Wildman–Crippen LogP) is 0.279. The molecular formula is C12H16N4O4S. The molecule has 1 aromatic heterocycles. The van der Waals surface area contributed by atoms with E-state index in [4.69, 9.17) is 10.8 Å². The number of anilines is 1. The van der Waals surface area contributed by atoms with Gasteiger partial charge in [-0.2, -0.15) is 0 Å². The summed E-state index contributed by atoms with van der Waals surface area (Å²) in [6, 6.07) is 5.08. The number of nitrogens with zero attached hydrogens (tertiary/aromatic N) is 1. The van der Waals surface area contributed by atoms with E-state index in [1.807, 2.05) is 0 Å². The van der Waals surface area contributed by atoms with Crippen LogP contribution in [0.1, 0.15) is 12.5 Å². The summed E-state index contributed by atoms with van der Waals surface area (Å²) in [5, 5.41) is 9.03. The number of hydrogen-bond acceptors (Lipinski definition) is 5. The third-order valence-corrected chi connectivity index (χ3v) is 3.45. The number of imidazole rings is 1. The first kappa shape index (κ1) is 15.3. The third-order valence-electron chi connectivity index (χ3n) is 2.89. The Labute approximate surface area is 121 Å². The van der Waals surface area contributed by atoms with Crippen LogP contribution in [0.3, 0.4) is 0 Å². The fraction of sp³-hybridized carbons (Fsp3) is 0.333. The van der Waals surface area contributed by atoms with Crippen LogP contribution in [0.15, 0.2) is 18.2 Å². The number of nitrogens with one attached hydrogen (secondary N) is 2. The molecule has 0 amide bonds. The lowest BCUT2D eigenvalue weighted by Gasteiger charge is -2.18. The standard InChI is InChI=1S/C12H16N4O4S/c1-12(13,10(17)18)6-7-3-4-8-9(5-7)15-11(14-8)16-21(2,19)20/h3-5H,6,13H2,1-2H3,(H,17,18)(H2,14,15,16). The van der Waals surface area contributed by atoms with Gasteiger partial charge in [-0.25, -0.2) is 13.4 Å². The molecule has 0 aliphatic rings. The molecule has 5 N–H and O–H groups in total. The van der Waals surface area contributed by atoms with Crippen molar-refractivity contribution in [2.45, 2.75) is 18.9 Å². The number of hydrogen-bond donors (Lipinski definition) is 4. The number of sulfonamides is 1. The molecule has 0 radical (unpaired) electrons. The Hall–Kier alpha value is -2.13. The number of carboxylic acids is 1. The highest BCUT2D eigenvalue weighted by Crippen LogP contribution is 2.19. The summed E-state index contributed by atoms with van der Waals surface area (Å²) in [5.74, 6) is -0.981. The van der Waals surface area contributed by atoms with Crippen molar-refractivity contribution in [3.05, 3.63) is 23.8 Å². The van der Waals surface area contributed by atoms with E-state index in [1.54, 1.807) is 18.2 Å². The molecule has 0 saturated carbocycles. The highest BCUT2D eigenvalue weighted by atomic mass is 32.2. The molecule has 21 heavy (non-hydrogen) atoms. The fourth-order valence-corrected chi connectivity index (χ4v) is 2.34. The SMILES string of the molecule is CC(N)(Cc1ccc2nc(NS(C)(=O)=O)[nH]c2c1)C(=O)O. The molecular weight excluding hydrogens is 296 g/mol. The summed E-state index contributed by atoms with van der Waals surface area (Å²) in [4.78, 5) is 17.9. The van der Waals surface area contributed by atoms with Gasteiger partial charge >= 0.3 is 5.97 Å². The van der Waals surface area contributed by atoms with Crippen molar-refractivity contribution < 1.29 is 18.3 Å². The van der Waals surface area contributed by atoms with E-state index in [1.165, 1.54) is 6.92 Å². The van der Waals surface area contributed by atoms with Crippen molar-refractivity contribution in [3.63, 3.8) is 0 Å². The van der Waals surface area contributed by atoms with E-state index >= 15 is 0 Å². The Balaban J connectivity index is 2.32. The van der Waals surface area contributed by atoms with Gasteiger partial charge in [0.15, 0.2) is 0 Å². The van der Waals surface area contributed by atoms with Gasteiger partial charge in [-0.15, -0.1) is 0 Å². The van der Waals surface area contributed by atoms with E-state index < -0.39 is 21.5 Å². The van der Waals surface area contributed by atoms with Gasteiger partial charge in [0.1, 0.15) is 5.54 Å². The van der Waals surface area contributed by atoms with Crippen LogP contribution in [0.5, 0.6) is 0 Å². The van der Waals surface area contributed by atoms with Gasteiger partial charge in [0.25, 0.3) is 0 Å². The molecule has 1 unspecified atom stereocenters. The van der Waals surface area contributed by atoms with Gasteiger partial charge < -0.3 is 15.8 Å². The van der Waals surface area contributed by atoms with Crippen LogP contribution >= 0.6 is 0 Å². The number of carbonyl (C=O) groups is 1. The highest BCUT2D eigenvalue weighted by Gasteiger charge is 2.28. The summed E-state index contributed by atoms with van der Waals surface area (Å²) in [5.41, 5.74) is 6.21. The highest BCUT2D eigenvalue weighted by molar-refractivity contribution is 7.91. The predicted molar refractivity (Wildman–Crippen MR) is 78.5 cm³/mol. The van der Waals surface area contributed by atoms with Crippen LogP contribution in [0.4, 0.5) is 5.95 Å². The third kappa shape index (κ3) is 3.70. The van der Waals surface area contributed by atoms with Gasteiger partial charge in [-0.1, -0.05) is 6.07 Å². The average Bonchev–Trinajstić information content (AvgIpc) is 2.66. The largest absolute Gasteiger partial charge is 0.480 e. The molecule has 2 aromatic rings. The molecule has 114 valence electrons. The van der Waals surface area contributed by atoms with Gasteiger partial charge in [0.2, 0.25) is 16.0 Å². The second-order valence-corrected chi connectivity index (χ2v) is 6.96. The summed E-state index contributed by atoms with van der Waals surface area (Å²) in [7, 11) is -3.42. The topological polar surface area (TPSA) is 138 Å². The average molecular weight is 312 g/mol. The maximum absolute atomic E-state index is 11.2. The number of rotatable bonds is 5. The van der Waals surface area contributed by atoms with Crippen molar-refractivity contribution >= 4 is 33.0 Å². The van der Waals surface area contributed by atoms with Crippen molar-refractivity contribution in [2.75, 3.05) is 11.0 Å². The molecule has 8 nitrogen and oxygen atoms in total. The first-order valence-corrected chi connectivity index (χ1v) is 7.95. The Morgan fingerprint density at radius 1 is 1.52 bits per heavy atom. The summed E-state index contributed by atoms with van der Waals surface area (Å²) < 4.78 is 24.6. The van der Waals surface area contributed by atoms with Gasteiger partial charge in [0.05, 0.1) is 17.3 Å². The second kappa shape index (κ2) is 5.01. The number of aromatic amines is 1. The lowest BCUT2D eigenvalue weighted by atomic mass is 9.94. The number of nitrogens with two attached hydrogens (primary N) is 1. The van der Waals surface area contributed by atoms with Crippen molar-refractivity contribution in [3.8, 4) is 0 Å². The molecule has 0 aliphatic carbocycles. The number of carboxylic acid groups (broad SMARTS) is 1. The van der Waals surface area contributed by atoms with E-state index in [0.717, 1.165) is 6.26 Å². The van der Waals surface area contributed by atoms with Crippen LogP contribution in [0.2, 0.25) is 0 Å². The summed E-state index contributed by atoms with van der Waals surface area (Å²) >= 11 is 0. The lowest BCUT2D eigenvalue weighted by molar-refractivity contribution is -0.142. The van der Waals surface area contributed by atoms with E-state index in [0.29, 0.717) is 16.6 Å². The van der Waals surface area contributed by atoms with Crippen LogP contribution in [-0.2, 0) is 21.2 Å². The number of aliphatic carboxylic acids is 1. The molecule has 9 heteroatoms. The second-order valence-electron chi connectivity index (χ2n) is 5.21. The minimum atomic E-state index is -3.42. The number of fused-ring (bicyclic) bond motifs is 1. The van der Waals surface area contributed by atoms with Crippen LogP contribution < -0.4 is 10.5 Å². The molecule has 1 aromatic carbocycles. The Kier molecular flexibility index (Phi) is 3.64. The summed E-state index contributed by atoms with van der Waals surface area (Å²) in [6.07, 6.45) is 1.17. The van der Waals surface area contributed by atoms with Gasteiger partial charge in [0, 0.05) is 6.42 Å². The van der Waals surface area contributed by atoms with Crippen LogP contribution in [-0.4, -0.2) is 41.3 Å². The normalized spacial score (nSPS) is 14.8. The van der Waals surface area contributed by atoms with Crippen LogP contribution in [0.25, 0.3) is 11.0 Å². The lowest BCUT2D eigenvalue weighted by Crippen LogP contribution is -2.46. The molecule has 0 bridgehead atoms. The maximum Gasteiger partial charge on any atom is 0.323 e. The van der Waals surface area contributed by atoms with E-state index in [2.05, 4.69) is 14.7 Å². The molecule has 0 fully saturated rings. The van der Waals surface area contributed by atoms with E-state index in [9.17, 15) is 13.2 Å².